The molecule has 2 nitrogen and oxygen atoms in total. The van der Waals surface area contributed by atoms with Gasteiger partial charge in [0, 0.05) is 0 Å². The van der Waals surface area contributed by atoms with Gasteiger partial charge in [-0.15, -0.1) is 0 Å². The summed E-state index contributed by atoms with van der Waals surface area (Å²) in [6.45, 7) is 1.95. The maximum absolute atomic E-state index is 4.58. The van der Waals surface area contributed by atoms with Crippen LogP contribution in [0.25, 0.3) is 0 Å². The van der Waals surface area contributed by atoms with Gasteiger partial charge in [-0.1, -0.05) is 36.4 Å². The molecule has 0 saturated carbocycles. The summed E-state index contributed by atoms with van der Waals surface area (Å²) in [5.74, 6) is 0.833. The molecule has 82 valence electrons. The van der Waals surface area contributed by atoms with E-state index in [1.165, 1.54) is 5.56 Å². The Morgan fingerprint density at radius 3 is 2.62 bits per heavy atom. The fourth-order valence-corrected chi connectivity index (χ4v) is 2.30. The molecule has 16 heavy (non-hydrogen) atoms. The van der Waals surface area contributed by atoms with Crippen LogP contribution in [0.5, 0.6) is 0 Å². The minimum absolute atomic E-state index is 0.833. The van der Waals surface area contributed by atoms with Gasteiger partial charge in [-0.05, 0) is 47.9 Å². The number of allylic oxidation sites excluding steroid dienone is 1. The molecule has 0 saturated heterocycles. The first-order valence-corrected chi connectivity index (χ1v) is 6.37. The van der Waals surface area contributed by atoms with Gasteiger partial charge in [0.15, 0.2) is 0 Å². The summed E-state index contributed by atoms with van der Waals surface area (Å²) < 4.78 is 1.03. The minimum atomic E-state index is 0.833. The predicted molar refractivity (Wildman–Crippen MR) is 77.4 cm³/mol. The molecule has 0 N–H and O–H groups in total. The summed E-state index contributed by atoms with van der Waals surface area (Å²) in [5, 5.41) is 0. The van der Waals surface area contributed by atoms with E-state index >= 15 is 0 Å². The molecule has 0 aromatic heterocycles. The van der Waals surface area contributed by atoms with E-state index in [2.05, 4.69) is 50.8 Å². The fourth-order valence-electron chi connectivity index (χ4n) is 1.64. The highest BCUT2D eigenvalue weighted by atomic mass is 127. The lowest BCUT2D eigenvalue weighted by atomic mass is 10.1. The number of halogens is 1. The van der Waals surface area contributed by atoms with Crippen LogP contribution in [0.3, 0.4) is 0 Å². The molecule has 0 atom stereocenters. The van der Waals surface area contributed by atoms with Crippen molar-refractivity contribution in [2.45, 2.75) is 19.8 Å². The second kappa shape index (κ2) is 5.39. The van der Waals surface area contributed by atoms with E-state index in [1.807, 2.05) is 25.1 Å². The van der Waals surface area contributed by atoms with Crippen molar-refractivity contribution >= 4 is 34.1 Å². The van der Waals surface area contributed by atoms with Crippen LogP contribution in [0, 0.1) is 0 Å². The monoisotopic (exact) mass is 324 g/mol. The SMILES string of the molecule is CC1=N/C(I)=C\CCC(c2ccccc2)=N1. The van der Waals surface area contributed by atoms with Crippen molar-refractivity contribution in [3.8, 4) is 0 Å². The molecule has 0 fully saturated rings. The molecule has 0 aliphatic carbocycles. The Morgan fingerprint density at radius 1 is 1.12 bits per heavy atom. The Morgan fingerprint density at radius 2 is 1.88 bits per heavy atom. The van der Waals surface area contributed by atoms with E-state index in [1.54, 1.807) is 0 Å². The number of amidine groups is 1. The molecule has 0 unspecified atom stereocenters. The molecule has 2 rings (SSSR count). The summed E-state index contributed by atoms with van der Waals surface area (Å²) in [7, 11) is 0. The smallest absolute Gasteiger partial charge is 0.126 e. The van der Waals surface area contributed by atoms with E-state index in [4.69, 9.17) is 0 Å². The van der Waals surface area contributed by atoms with Gasteiger partial charge in [0.2, 0.25) is 0 Å². The third-order valence-electron chi connectivity index (χ3n) is 2.37. The highest BCUT2D eigenvalue weighted by Crippen LogP contribution is 2.16. The fraction of sp³-hybridized carbons (Fsp3) is 0.231. The van der Waals surface area contributed by atoms with Crippen LogP contribution in [0.4, 0.5) is 0 Å². The zero-order valence-electron chi connectivity index (χ0n) is 9.15. The standard InChI is InChI=1S/C13H13IN2/c1-10-15-12(8-5-9-13(14)16-10)11-6-3-2-4-7-11/h2-4,6-7,9H,5,8H2,1H3/b13-9-,15-12?,16-10?. The lowest BCUT2D eigenvalue weighted by Gasteiger charge is -2.08. The summed E-state index contributed by atoms with van der Waals surface area (Å²) in [5.41, 5.74) is 2.32. The Balaban J connectivity index is 2.34. The molecule has 1 aliphatic heterocycles. The molecule has 1 aliphatic rings. The second-order valence-corrected chi connectivity index (χ2v) is 4.75. The maximum Gasteiger partial charge on any atom is 0.126 e. The average Bonchev–Trinajstić information content (AvgIpc) is 2.26. The molecule has 1 aromatic rings. The molecule has 0 spiro atoms. The molecular formula is C13H13IN2. The van der Waals surface area contributed by atoms with Crippen molar-refractivity contribution in [1.29, 1.82) is 0 Å². The summed E-state index contributed by atoms with van der Waals surface area (Å²) in [6.07, 6.45) is 4.13. The first-order valence-electron chi connectivity index (χ1n) is 5.29. The van der Waals surface area contributed by atoms with Crippen LogP contribution < -0.4 is 0 Å². The third-order valence-corrected chi connectivity index (χ3v) is 3.05. The lowest BCUT2D eigenvalue weighted by molar-refractivity contribution is 1.08. The molecule has 1 aromatic carbocycles. The van der Waals surface area contributed by atoms with Crippen molar-refractivity contribution in [3.05, 3.63) is 45.7 Å². The van der Waals surface area contributed by atoms with E-state index in [-0.39, 0.29) is 0 Å². The molecular weight excluding hydrogens is 311 g/mol. The van der Waals surface area contributed by atoms with Gasteiger partial charge in [0.1, 0.15) is 5.84 Å². The van der Waals surface area contributed by atoms with E-state index in [9.17, 15) is 0 Å². The molecule has 0 amide bonds. The van der Waals surface area contributed by atoms with E-state index < -0.39 is 0 Å². The average molecular weight is 324 g/mol. The largest absolute Gasteiger partial charge is 0.238 e. The first kappa shape index (κ1) is 11.5. The number of benzene rings is 1. The Labute approximate surface area is 109 Å². The van der Waals surface area contributed by atoms with Gasteiger partial charge in [0.05, 0.1) is 9.42 Å². The van der Waals surface area contributed by atoms with Crippen molar-refractivity contribution in [2.24, 2.45) is 9.98 Å². The number of hydrogen-bond acceptors (Lipinski definition) is 2. The third kappa shape index (κ3) is 3.01. The van der Waals surface area contributed by atoms with E-state index in [0.29, 0.717) is 0 Å². The van der Waals surface area contributed by atoms with Gasteiger partial charge < -0.3 is 0 Å². The molecule has 0 radical (unpaired) electrons. The molecule has 3 heteroatoms. The second-order valence-electron chi connectivity index (χ2n) is 3.65. The van der Waals surface area contributed by atoms with Crippen molar-refractivity contribution in [3.63, 3.8) is 0 Å². The zero-order chi connectivity index (χ0) is 11.4. The Hall–Kier alpha value is -0.970. The van der Waals surface area contributed by atoms with Crippen LogP contribution >= 0.6 is 22.6 Å². The van der Waals surface area contributed by atoms with E-state index in [0.717, 1.165) is 28.1 Å². The number of aliphatic imine (C=N–C) groups is 2. The Kier molecular flexibility index (Phi) is 3.88. The molecule has 0 bridgehead atoms. The Bertz CT molecular complexity index is 458. The van der Waals surface area contributed by atoms with Gasteiger partial charge in [0.25, 0.3) is 0 Å². The highest BCUT2D eigenvalue weighted by Gasteiger charge is 2.05. The van der Waals surface area contributed by atoms with Gasteiger partial charge in [-0.2, -0.15) is 0 Å². The van der Waals surface area contributed by atoms with Gasteiger partial charge >= 0.3 is 0 Å². The summed E-state index contributed by atoms with van der Waals surface area (Å²) >= 11 is 2.24. The van der Waals surface area contributed by atoms with Crippen LogP contribution in [0.1, 0.15) is 25.3 Å². The van der Waals surface area contributed by atoms with Crippen molar-refractivity contribution in [2.75, 3.05) is 0 Å². The lowest BCUT2D eigenvalue weighted by Crippen LogP contribution is -2.05. The van der Waals surface area contributed by atoms with Crippen LogP contribution in [0.15, 0.2) is 50.1 Å². The van der Waals surface area contributed by atoms with Crippen LogP contribution in [-0.4, -0.2) is 11.5 Å². The topological polar surface area (TPSA) is 24.7 Å². The van der Waals surface area contributed by atoms with Crippen molar-refractivity contribution < 1.29 is 0 Å². The maximum atomic E-state index is 4.58. The predicted octanol–water partition coefficient (Wildman–Crippen LogP) is 3.96. The quantitative estimate of drug-likeness (QED) is 0.552. The number of rotatable bonds is 1. The highest BCUT2D eigenvalue weighted by molar-refractivity contribution is 14.1. The first-order chi connectivity index (χ1) is 7.75. The van der Waals surface area contributed by atoms with Crippen LogP contribution in [-0.2, 0) is 0 Å². The van der Waals surface area contributed by atoms with Crippen molar-refractivity contribution in [1.82, 2.24) is 0 Å². The molecule has 1 heterocycles. The minimum Gasteiger partial charge on any atom is -0.238 e. The van der Waals surface area contributed by atoms with Crippen LogP contribution in [0.2, 0.25) is 0 Å². The number of nitrogens with zero attached hydrogens (tertiary/aromatic N) is 2. The summed E-state index contributed by atoms with van der Waals surface area (Å²) in [6, 6.07) is 10.3. The van der Waals surface area contributed by atoms with Gasteiger partial charge in [-0.25, -0.2) is 9.98 Å². The number of hydrogen-bond donors (Lipinski definition) is 0. The van der Waals surface area contributed by atoms with Gasteiger partial charge in [-0.3, -0.25) is 0 Å². The summed E-state index contributed by atoms with van der Waals surface area (Å²) in [4.78, 5) is 8.97. The zero-order valence-corrected chi connectivity index (χ0v) is 11.3. The normalized spacial score (nSPS) is 20.0.